The van der Waals surface area contributed by atoms with Gasteiger partial charge in [-0.05, 0) is 77.9 Å². The van der Waals surface area contributed by atoms with Crippen LogP contribution in [0.2, 0.25) is 0 Å². The first-order chi connectivity index (χ1) is 23.0. The van der Waals surface area contributed by atoms with Gasteiger partial charge in [0.05, 0.1) is 11.4 Å². The van der Waals surface area contributed by atoms with Crippen molar-refractivity contribution in [2.24, 2.45) is 0 Å². The average molecular weight is 652 g/mol. The van der Waals surface area contributed by atoms with Gasteiger partial charge in [0.2, 0.25) is 0 Å². The van der Waals surface area contributed by atoms with Crippen LogP contribution in [-0.4, -0.2) is 91.2 Å². The fourth-order valence-electron chi connectivity index (χ4n) is 6.79. The molecule has 0 spiro atoms. The summed E-state index contributed by atoms with van der Waals surface area (Å²) >= 11 is 0. The van der Waals surface area contributed by atoms with Gasteiger partial charge in [0.15, 0.2) is 5.65 Å². The number of carbonyl (C=O) groups is 1. The van der Waals surface area contributed by atoms with Gasteiger partial charge >= 0.3 is 0 Å². The van der Waals surface area contributed by atoms with E-state index in [0.29, 0.717) is 66.2 Å². The molecule has 2 aliphatic heterocycles. The molecule has 2 unspecified atom stereocenters. The highest BCUT2D eigenvalue weighted by molar-refractivity contribution is 5.99. The van der Waals surface area contributed by atoms with Gasteiger partial charge in [0, 0.05) is 55.4 Å². The first kappa shape index (κ1) is 33.1. The van der Waals surface area contributed by atoms with Crippen LogP contribution in [0.3, 0.4) is 0 Å². The standard InChI is InChI=1S/C36H42FN9O2/c1-23-19-45(20-24(2)43(23)5)36(3,4)17-25(18-38)35(47)44-15-9-10-26(21-44)46-34-31(33(39)40-22-41-34)32(42-46)29-14-13-28(16-30(29)37)48-27-11-7-6-8-12-27/h6-8,11-14,16-17,22-24,26H,9-10,15,19-21H2,1-5H3,(H2,39,40,41)/t23-,24?,26?/m0/s1. The van der Waals surface area contributed by atoms with Crippen LogP contribution in [0, 0.1) is 17.1 Å². The number of nitrogen functional groups attached to an aromatic ring is 1. The lowest BCUT2D eigenvalue weighted by molar-refractivity contribution is -0.128. The van der Waals surface area contributed by atoms with Crippen LogP contribution in [0.4, 0.5) is 10.2 Å². The Bertz CT molecular complexity index is 1870. The molecular formula is C36H42FN9O2. The topological polar surface area (TPSA) is 129 Å². The molecule has 48 heavy (non-hydrogen) atoms. The maximum absolute atomic E-state index is 15.7. The minimum Gasteiger partial charge on any atom is -0.457 e. The third kappa shape index (κ3) is 6.48. The van der Waals surface area contributed by atoms with E-state index >= 15 is 4.39 Å². The molecular weight excluding hydrogens is 609 g/mol. The van der Waals surface area contributed by atoms with Crippen LogP contribution in [0.1, 0.15) is 46.6 Å². The lowest BCUT2D eigenvalue weighted by Gasteiger charge is -2.48. The Morgan fingerprint density at radius 2 is 1.81 bits per heavy atom. The molecule has 4 aromatic rings. The van der Waals surface area contributed by atoms with E-state index in [1.807, 2.05) is 24.3 Å². The number of hydrogen-bond acceptors (Lipinski definition) is 9. The number of likely N-dealkylation sites (tertiary alicyclic amines) is 1. The Balaban J connectivity index is 1.27. The SMILES string of the molecule is CC1CN(C(C)(C)C=C(C#N)C(=O)N2CCCC(n3nc(-c4ccc(Oc5ccccc5)cc4F)c4c(N)ncnc43)C2)C[C@H](C)N1C. The van der Waals surface area contributed by atoms with Gasteiger partial charge in [-0.2, -0.15) is 10.4 Å². The number of ether oxygens (including phenoxy) is 1. The van der Waals surface area contributed by atoms with Crippen molar-refractivity contribution in [3.05, 3.63) is 72.3 Å². The predicted octanol–water partition coefficient (Wildman–Crippen LogP) is 5.42. The third-order valence-electron chi connectivity index (χ3n) is 9.75. The molecule has 0 radical (unpaired) electrons. The summed E-state index contributed by atoms with van der Waals surface area (Å²) in [5.74, 6) is 0.275. The molecule has 0 saturated carbocycles. The Kier molecular flexibility index (Phi) is 9.18. The van der Waals surface area contributed by atoms with Crippen molar-refractivity contribution in [1.82, 2.24) is 34.4 Å². The summed E-state index contributed by atoms with van der Waals surface area (Å²) < 4.78 is 23.2. The van der Waals surface area contributed by atoms with Crippen molar-refractivity contribution >= 4 is 22.8 Å². The second-order valence-electron chi connectivity index (χ2n) is 13.4. The number of aromatic nitrogens is 4. The summed E-state index contributed by atoms with van der Waals surface area (Å²) in [4.78, 5) is 28.9. The number of nitrogens with two attached hydrogens (primary N) is 1. The number of fused-ring (bicyclic) bond motifs is 1. The monoisotopic (exact) mass is 651 g/mol. The normalized spacial score (nSPS) is 21.3. The molecule has 0 bridgehead atoms. The Hall–Kier alpha value is -4.86. The van der Waals surface area contributed by atoms with Gasteiger partial charge in [-0.25, -0.2) is 19.0 Å². The number of likely N-dealkylation sites (N-methyl/N-ethyl adjacent to an activating group) is 1. The molecule has 6 rings (SSSR count). The number of hydrogen-bond donors (Lipinski definition) is 1. The van der Waals surface area contributed by atoms with Crippen LogP contribution in [0.15, 0.2) is 66.5 Å². The summed E-state index contributed by atoms with van der Waals surface area (Å²) in [6.07, 6.45) is 4.58. The molecule has 11 nitrogen and oxygen atoms in total. The molecule has 3 atom stereocenters. The van der Waals surface area contributed by atoms with E-state index in [9.17, 15) is 10.1 Å². The van der Waals surface area contributed by atoms with Crippen molar-refractivity contribution in [3.63, 3.8) is 0 Å². The number of halogens is 1. The van der Waals surface area contributed by atoms with E-state index in [2.05, 4.69) is 60.6 Å². The van der Waals surface area contributed by atoms with Crippen LogP contribution >= 0.6 is 0 Å². The van der Waals surface area contributed by atoms with E-state index in [4.69, 9.17) is 15.6 Å². The summed E-state index contributed by atoms with van der Waals surface area (Å²) in [6.45, 7) is 11.0. The molecule has 0 aliphatic carbocycles. The van der Waals surface area contributed by atoms with E-state index in [1.165, 1.54) is 12.4 Å². The fourth-order valence-corrected chi connectivity index (χ4v) is 6.79. The number of carbonyl (C=O) groups excluding carboxylic acids is 1. The zero-order valence-corrected chi connectivity index (χ0v) is 28.1. The largest absolute Gasteiger partial charge is 0.457 e. The maximum atomic E-state index is 15.7. The zero-order valence-electron chi connectivity index (χ0n) is 28.1. The number of anilines is 1. The summed E-state index contributed by atoms with van der Waals surface area (Å²) in [7, 11) is 2.13. The van der Waals surface area contributed by atoms with E-state index in [1.54, 1.807) is 33.8 Å². The number of rotatable bonds is 7. The molecule has 4 heterocycles. The number of piperidine rings is 1. The number of nitriles is 1. The van der Waals surface area contributed by atoms with E-state index < -0.39 is 11.4 Å². The highest BCUT2D eigenvalue weighted by atomic mass is 19.1. The smallest absolute Gasteiger partial charge is 0.264 e. The minimum absolute atomic E-state index is 0.123. The fraction of sp³-hybridized carbons (Fsp3) is 0.417. The van der Waals surface area contributed by atoms with Crippen LogP contribution in [0.5, 0.6) is 11.5 Å². The third-order valence-corrected chi connectivity index (χ3v) is 9.75. The van der Waals surface area contributed by atoms with Gasteiger partial charge < -0.3 is 15.4 Å². The molecule has 12 heteroatoms. The molecule has 2 saturated heterocycles. The van der Waals surface area contributed by atoms with Crippen molar-refractivity contribution in [2.45, 2.75) is 64.2 Å². The first-order valence-electron chi connectivity index (χ1n) is 16.4. The van der Waals surface area contributed by atoms with Gasteiger partial charge in [-0.1, -0.05) is 18.2 Å². The molecule has 2 fully saturated rings. The van der Waals surface area contributed by atoms with Crippen molar-refractivity contribution < 1.29 is 13.9 Å². The van der Waals surface area contributed by atoms with Crippen molar-refractivity contribution in [3.8, 4) is 28.8 Å². The first-order valence-corrected chi connectivity index (χ1v) is 16.4. The van der Waals surface area contributed by atoms with E-state index in [0.717, 1.165) is 13.1 Å². The quantitative estimate of drug-likeness (QED) is 0.206. The van der Waals surface area contributed by atoms with Gasteiger partial charge in [-0.3, -0.25) is 14.6 Å². The number of piperazine rings is 1. The second kappa shape index (κ2) is 13.3. The molecule has 2 aliphatic rings. The average Bonchev–Trinajstić information content (AvgIpc) is 3.47. The predicted molar refractivity (Wildman–Crippen MR) is 183 cm³/mol. The van der Waals surface area contributed by atoms with Crippen molar-refractivity contribution in [1.29, 1.82) is 5.26 Å². The Labute approximate surface area is 280 Å². The number of benzene rings is 2. The van der Waals surface area contributed by atoms with Gasteiger partial charge in [-0.15, -0.1) is 0 Å². The molecule has 2 aromatic carbocycles. The lowest BCUT2D eigenvalue weighted by Crippen LogP contribution is -2.60. The summed E-state index contributed by atoms with van der Waals surface area (Å²) in [6, 6.07) is 16.4. The maximum Gasteiger partial charge on any atom is 0.264 e. The van der Waals surface area contributed by atoms with Gasteiger partial charge in [0.1, 0.15) is 46.8 Å². The Morgan fingerprint density at radius 1 is 1.08 bits per heavy atom. The van der Waals surface area contributed by atoms with Crippen LogP contribution < -0.4 is 10.5 Å². The molecule has 2 N–H and O–H groups in total. The van der Waals surface area contributed by atoms with Crippen LogP contribution in [-0.2, 0) is 4.79 Å². The number of para-hydroxylation sites is 1. The molecule has 250 valence electrons. The van der Waals surface area contributed by atoms with Crippen molar-refractivity contribution in [2.75, 3.05) is 39.0 Å². The number of nitrogens with zero attached hydrogens (tertiary/aromatic N) is 8. The van der Waals surface area contributed by atoms with E-state index in [-0.39, 0.29) is 28.9 Å². The lowest BCUT2D eigenvalue weighted by atomic mass is 9.94. The second-order valence-corrected chi connectivity index (χ2v) is 13.4. The highest BCUT2D eigenvalue weighted by Gasteiger charge is 2.36. The number of amides is 1. The molecule has 2 aromatic heterocycles. The highest BCUT2D eigenvalue weighted by Crippen LogP contribution is 2.36. The summed E-state index contributed by atoms with van der Waals surface area (Å²) in [5, 5.41) is 15.4. The zero-order chi connectivity index (χ0) is 34.2. The summed E-state index contributed by atoms with van der Waals surface area (Å²) in [5.41, 5.74) is 6.96. The van der Waals surface area contributed by atoms with Gasteiger partial charge in [0.25, 0.3) is 5.91 Å². The minimum atomic E-state index is -0.533. The molecule has 1 amide bonds. The van der Waals surface area contributed by atoms with Crippen LogP contribution in [0.25, 0.3) is 22.3 Å². The Morgan fingerprint density at radius 3 is 2.50 bits per heavy atom.